The lowest BCUT2D eigenvalue weighted by Crippen LogP contribution is -2.23. The lowest BCUT2D eigenvalue weighted by molar-refractivity contribution is 0.0922. The molecular formula is C17H16N6O3. The van der Waals surface area contributed by atoms with Gasteiger partial charge in [0.1, 0.15) is 0 Å². The van der Waals surface area contributed by atoms with Gasteiger partial charge >= 0.3 is 0 Å². The number of aromatic nitrogens is 5. The molecule has 4 heterocycles. The van der Waals surface area contributed by atoms with Crippen LogP contribution >= 0.6 is 0 Å². The minimum atomic E-state index is -0.310. The molecule has 0 saturated heterocycles. The molecule has 0 aliphatic rings. The molecule has 0 saturated carbocycles. The Morgan fingerprint density at radius 2 is 2.19 bits per heavy atom. The summed E-state index contributed by atoms with van der Waals surface area (Å²) in [5, 5.41) is 15.0. The van der Waals surface area contributed by atoms with Crippen LogP contribution < -0.4 is 5.32 Å². The van der Waals surface area contributed by atoms with Crippen molar-refractivity contribution in [3.8, 4) is 11.5 Å². The molecule has 0 aliphatic carbocycles. The maximum Gasteiger partial charge on any atom is 0.287 e. The normalized spacial score (nSPS) is 11.3. The van der Waals surface area contributed by atoms with Gasteiger partial charge in [-0.1, -0.05) is 19.0 Å². The fourth-order valence-electron chi connectivity index (χ4n) is 2.43. The van der Waals surface area contributed by atoms with Gasteiger partial charge in [0.2, 0.25) is 0 Å². The molecule has 0 radical (unpaired) electrons. The number of nitrogens with zero attached hydrogens (tertiary/aromatic N) is 5. The van der Waals surface area contributed by atoms with E-state index in [0.29, 0.717) is 23.2 Å². The Labute approximate surface area is 148 Å². The summed E-state index contributed by atoms with van der Waals surface area (Å²) in [4.78, 5) is 16.3. The third-order valence-electron chi connectivity index (χ3n) is 3.84. The van der Waals surface area contributed by atoms with Crippen LogP contribution in [0.15, 0.2) is 45.7 Å². The molecule has 0 bridgehead atoms. The van der Waals surface area contributed by atoms with E-state index in [1.54, 1.807) is 22.7 Å². The first kappa shape index (κ1) is 16.0. The van der Waals surface area contributed by atoms with Crippen LogP contribution in [0.25, 0.3) is 17.1 Å². The number of pyridine rings is 1. The average Bonchev–Trinajstić information content (AvgIpc) is 3.39. The third-order valence-corrected chi connectivity index (χ3v) is 3.84. The summed E-state index contributed by atoms with van der Waals surface area (Å²) < 4.78 is 12.1. The second kappa shape index (κ2) is 6.43. The maximum atomic E-state index is 11.9. The van der Waals surface area contributed by atoms with Gasteiger partial charge in [0.05, 0.1) is 12.8 Å². The van der Waals surface area contributed by atoms with Crippen molar-refractivity contribution in [3.05, 3.63) is 54.1 Å². The highest BCUT2D eigenvalue weighted by molar-refractivity contribution is 5.91. The number of rotatable bonds is 5. The lowest BCUT2D eigenvalue weighted by atomic mass is 10.2. The van der Waals surface area contributed by atoms with Crippen LogP contribution in [0.1, 0.15) is 42.0 Å². The van der Waals surface area contributed by atoms with Gasteiger partial charge in [-0.25, -0.2) is 0 Å². The first-order valence-electron chi connectivity index (χ1n) is 8.11. The quantitative estimate of drug-likeness (QED) is 0.587. The van der Waals surface area contributed by atoms with Gasteiger partial charge in [0, 0.05) is 17.7 Å². The number of nitrogens with one attached hydrogen (secondary N) is 1. The standard InChI is InChI=1S/C17H16N6O3/c1-10(2)15-19-17(26-22-15)11-5-6-23-13(8-11)20-21-14(23)9-18-16(24)12-4-3-7-25-12/h3-8,10H,9H2,1-2H3,(H,18,24). The number of carbonyl (C=O) groups excluding carboxylic acids is 1. The van der Waals surface area contributed by atoms with Crippen molar-refractivity contribution in [2.75, 3.05) is 0 Å². The van der Waals surface area contributed by atoms with Crippen molar-refractivity contribution >= 4 is 11.6 Å². The van der Waals surface area contributed by atoms with Crippen molar-refractivity contribution < 1.29 is 13.7 Å². The largest absolute Gasteiger partial charge is 0.459 e. The highest BCUT2D eigenvalue weighted by Crippen LogP contribution is 2.21. The van der Waals surface area contributed by atoms with Crippen LogP contribution in [0.3, 0.4) is 0 Å². The molecule has 9 heteroatoms. The van der Waals surface area contributed by atoms with Gasteiger partial charge in [-0.15, -0.1) is 10.2 Å². The van der Waals surface area contributed by atoms with Crippen LogP contribution in [0.5, 0.6) is 0 Å². The fraction of sp³-hybridized carbons (Fsp3) is 0.235. The Bertz CT molecular complexity index is 1050. The number of carbonyl (C=O) groups is 1. The van der Waals surface area contributed by atoms with Crippen LogP contribution in [-0.2, 0) is 6.54 Å². The summed E-state index contributed by atoms with van der Waals surface area (Å²) in [5.74, 6) is 1.82. The molecular weight excluding hydrogens is 336 g/mol. The van der Waals surface area contributed by atoms with Crippen LogP contribution in [-0.4, -0.2) is 30.6 Å². The monoisotopic (exact) mass is 352 g/mol. The molecule has 132 valence electrons. The zero-order valence-corrected chi connectivity index (χ0v) is 14.2. The van der Waals surface area contributed by atoms with Crippen LogP contribution in [0.2, 0.25) is 0 Å². The van der Waals surface area contributed by atoms with E-state index >= 15 is 0 Å². The lowest BCUT2D eigenvalue weighted by Gasteiger charge is -2.02. The predicted molar refractivity (Wildman–Crippen MR) is 90.2 cm³/mol. The van der Waals surface area contributed by atoms with E-state index in [0.717, 1.165) is 5.56 Å². The molecule has 9 nitrogen and oxygen atoms in total. The van der Waals surface area contributed by atoms with Crippen LogP contribution in [0.4, 0.5) is 0 Å². The minimum Gasteiger partial charge on any atom is -0.459 e. The molecule has 0 aliphatic heterocycles. The summed E-state index contributed by atoms with van der Waals surface area (Å²) in [6.07, 6.45) is 3.25. The first-order valence-corrected chi connectivity index (χ1v) is 8.11. The summed E-state index contributed by atoms with van der Waals surface area (Å²) >= 11 is 0. The molecule has 26 heavy (non-hydrogen) atoms. The number of fused-ring (bicyclic) bond motifs is 1. The van der Waals surface area contributed by atoms with E-state index in [2.05, 4.69) is 25.7 Å². The summed E-state index contributed by atoms with van der Waals surface area (Å²) in [5.41, 5.74) is 1.38. The third kappa shape index (κ3) is 2.94. The smallest absolute Gasteiger partial charge is 0.287 e. The fourth-order valence-corrected chi connectivity index (χ4v) is 2.43. The summed E-state index contributed by atoms with van der Waals surface area (Å²) in [7, 11) is 0. The molecule has 0 aromatic carbocycles. The zero-order valence-electron chi connectivity index (χ0n) is 14.2. The van der Waals surface area contributed by atoms with Gasteiger partial charge in [0.25, 0.3) is 11.8 Å². The molecule has 1 amide bonds. The Morgan fingerprint density at radius 1 is 1.31 bits per heavy atom. The summed E-state index contributed by atoms with van der Waals surface area (Å²) in [6, 6.07) is 6.90. The van der Waals surface area contributed by atoms with Crippen molar-refractivity contribution in [2.45, 2.75) is 26.3 Å². The SMILES string of the molecule is CC(C)c1noc(-c2ccn3c(CNC(=O)c4ccco4)nnc3c2)n1. The topological polar surface area (TPSA) is 111 Å². The van der Waals surface area contributed by atoms with E-state index in [1.165, 1.54) is 6.26 Å². The number of hydrogen-bond acceptors (Lipinski definition) is 7. The van der Waals surface area contributed by atoms with Crippen molar-refractivity contribution in [2.24, 2.45) is 0 Å². The van der Waals surface area contributed by atoms with Gasteiger partial charge in [-0.3, -0.25) is 9.20 Å². The van der Waals surface area contributed by atoms with Gasteiger partial charge in [-0.05, 0) is 24.3 Å². The van der Waals surface area contributed by atoms with Gasteiger partial charge < -0.3 is 14.3 Å². The highest BCUT2D eigenvalue weighted by atomic mass is 16.5. The van der Waals surface area contributed by atoms with Crippen molar-refractivity contribution in [1.82, 2.24) is 30.1 Å². The maximum absolute atomic E-state index is 11.9. The van der Waals surface area contributed by atoms with Gasteiger partial charge in [-0.2, -0.15) is 4.98 Å². The van der Waals surface area contributed by atoms with Crippen LogP contribution in [0, 0.1) is 0 Å². The second-order valence-corrected chi connectivity index (χ2v) is 6.03. The van der Waals surface area contributed by atoms with Gasteiger partial charge in [0.15, 0.2) is 23.1 Å². The minimum absolute atomic E-state index is 0.189. The molecule has 0 spiro atoms. The van der Waals surface area contributed by atoms with E-state index in [-0.39, 0.29) is 24.1 Å². The molecule has 4 rings (SSSR count). The number of hydrogen-bond donors (Lipinski definition) is 1. The zero-order chi connectivity index (χ0) is 18.1. The van der Waals surface area contributed by atoms with E-state index in [4.69, 9.17) is 8.94 Å². The Hall–Kier alpha value is -3.49. The predicted octanol–water partition coefficient (Wildman–Crippen LogP) is 2.43. The van der Waals surface area contributed by atoms with E-state index < -0.39 is 0 Å². The molecule has 0 fully saturated rings. The Balaban J connectivity index is 1.54. The van der Waals surface area contributed by atoms with E-state index in [1.807, 2.05) is 26.0 Å². The number of furan rings is 1. The first-order chi connectivity index (χ1) is 12.6. The highest BCUT2D eigenvalue weighted by Gasteiger charge is 2.14. The van der Waals surface area contributed by atoms with E-state index in [9.17, 15) is 4.79 Å². The van der Waals surface area contributed by atoms with Crippen molar-refractivity contribution in [1.29, 1.82) is 0 Å². The molecule has 1 N–H and O–H groups in total. The Kier molecular flexibility index (Phi) is 3.96. The molecule has 0 atom stereocenters. The second-order valence-electron chi connectivity index (χ2n) is 6.03. The number of amides is 1. The molecule has 4 aromatic rings. The molecule has 0 unspecified atom stereocenters. The average molecular weight is 352 g/mol. The van der Waals surface area contributed by atoms with Crippen molar-refractivity contribution in [3.63, 3.8) is 0 Å². The summed E-state index contributed by atoms with van der Waals surface area (Å²) in [6.45, 7) is 4.22. The molecule has 4 aromatic heterocycles. The Morgan fingerprint density at radius 3 is 2.92 bits per heavy atom.